The summed E-state index contributed by atoms with van der Waals surface area (Å²) in [4.78, 5) is 12.5. The van der Waals surface area contributed by atoms with Crippen LogP contribution in [0.3, 0.4) is 0 Å². The summed E-state index contributed by atoms with van der Waals surface area (Å²) in [7, 11) is 0. The van der Waals surface area contributed by atoms with E-state index in [-0.39, 0.29) is 23.0 Å². The highest BCUT2D eigenvalue weighted by molar-refractivity contribution is 9.09. The molecule has 19 heavy (non-hydrogen) atoms. The lowest BCUT2D eigenvalue weighted by Crippen LogP contribution is -2.32. The van der Waals surface area contributed by atoms with Crippen LogP contribution < -0.4 is 5.32 Å². The summed E-state index contributed by atoms with van der Waals surface area (Å²) in [6.07, 6.45) is 4.55. The summed E-state index contributed by atoms with van der Waals surface area (Å²) in [6, 6.07) is 4.39. The molecule has 104 valence electrons. The Morgan fingerprint density at radius 1 is 1.37 bits per heavy atom. The predicted octanol–water partition coefficient (Wildman–Crippen LogP) is 2.78. The topological polar surface area (TPSA) is 69.6 Å². The molecule has 0 aromatic heterocycles. The van der Waals surface area contributed by atoms with Crippen molar-refractivity contribution in [2.45, 2.75) is 30.5 Å². The number of aromatic hydroxyl groups is 2. The molecule has 1 fully saturated rings. The molecule has 1 aliphatic carbocycles. The maximum Gasteiger partial charge on any atom is 0.255 e. The van der Waals surface area contributed by atoms with E-state index in [4.69, 9.17) is 0 Å². The molecule has 2 atom stereocenters. The van der Waals surface area contributed by atoms with Gasteiger partial charge in [-0.3, -0.25) is 4.79 Å². The third-order valence-corrected chi connectivity index (χ3v) is 4.36. The molecule has 0 heterocycles. The first-order chi connectivity index (χ1) is 9.08. The van der Waals surface area contributed by atoms with Gasteiger partial charge in [-0.1, -0.05) is 28.4 Å². The predicted molar refractivity (Wildman–Crippen MR) is 76.8 cm³/mol. The molecule has 1 aromatic carbocycles. The highest BCUT2D eigenvalue weighted by Gasteiger charge is 2.21. The van der Waals surface area contributed by atoms with Crippen LogP contribution in [0.1, 0.15) is 36.0 Å². The summed E-state index contributed by atoms with van der Waals surface area (Å²) in [5, 5.41) is 21.8. The number of hydrogen-bond donors (Lipinski definition) is 3. The summed E-state index contributed by atoms with van der Waals surface area (Å²) >= 11 is 3.62. The number of benzene rings is 1. The van der Waals surface area contributed by atoms with Gasteiger partial charge in [-0.05, 0) is 37.3 Å². The highest BCUT2D eigenvalue weighted by atomic mass is 79.9. The SMILES string of the molecule is O=C(NCC1CCCC(Br)C1)c1cccc(O)c1O. The van der Waals surface area contributed by atoms with Crippen molar-refractivity contribution < 1.29 is 15.0 Å². The lowest BCUT2D eigenvalue weighted by molar-refractivity contribution is 0.0940. The average Bonchev–Trinajstić information content (AvgIpc) is 2.39. The van der Waals surface area contributed by atoms with Crippen LogP contribution in [0.4, 0.5) is 0 Å². The molecule has 3 N–H and O–H groups in total. The van der Waals surface area contributed by atoms with Crippen LogP contribution in [0.2, 0.25) is 0 Å². The van der Waals surface area contributed by atoms with Crippen molar-refractivity contribution in [3.8, 4) is 11.5 Å². The maximum absolute atomic E-state index is 11.9. The van der Waals surface area contributed by atoms with Crippen molar-refractivity contribution in [3.63, 3.8) is 0 Å². The summed E-state index contributed by atoms with van der Waals surface area (Å²) in [5.41, 5.74) is 0.117. The van der Waals surface area contributed by atoms with Crippen LogP contribution in [-0.2, 0) is 0 Å². The molecule has 1 saturated carbocycles. The second-order valence-electron chi connectivity index (χ2n) is 5.01. The first kappa shape index (κ1) is 14.2. The van der Waals surface area contributed by atoms with E-state index in [0.29, 0.717) is 17.3 Å². The number of halogens is 1. The molecule has 2 unspecified atom stereocenters. The first-order valence-electron chi connectivity index (χ1n) is 6.51. The Balaban J connectivity index is 1.92. The van der Waals surface area contributed by atoms with Gasteiger partial charge in [-0.15, -0.1) is 0 Å². The van der Waals surface area contributed by atoms with Gasteiger partial charge >= 0.3 is 0 Å². The zero-order valence-electron chi connectivity index (χ0n) is 10.6. The Kier molecular flexibility index (Phi) is 4.69. The van der Waals surface area contributed by atoms with Gasteiger partial charge in [0.15, 0.2) is 11.5 Å². The Morgan fingerprint density at radius 2 is 2.16 bits per heavy atom. The van der Waals surface area contributed by atoms with Crippen molar-refractivity contribution in [2.24, 2.45) is 5.92 Å². The van der Waals surface area contributed by atoms with Crippen molar-refractivity contribution >= 4 is 21.8 Å². The van der Waals surface area contributed by atoms with Crippen molar-refractivity contribution in [2.75, 3.05) is 6.54 Å². The van der Waals surface area contributed by atoms with E-state index in [2.05, 4.69) is 21.2 Å². The Morgan fingerprint density at radius 3 is 2.89 bits per heavy atom. The minimum atomic E-state index is -0.359. The largest absolute Gasteiger partial charge is 0.504 e. The molecule has 0 radical (unpaired) electrons. The summed E-state index contributed by atoms with van der Waals surface area (Å²) in [6.45, 7) is 0.607. The van der Waals surface area contributed by atoms with Crippen LogP contribution >= 0.6 is 15.9 Å². The Bertz CT molecular complexity index is 464. The van der Waals surface area contributed by atoms with E-state index in [1.807, 2.05) is 0 Å². The number of phenolic OH excluding ortho intramolecular Hbond substituents is 2. The Labute approximate surface area is 121 Å². The fourth-order valence-electron chi connectivity index (χ4n) is 2.46. The van der Waals surface area contributed by atoms with Gasteiger partial charge < -0.3 is 15.5 Å². The number of alkyl halides is 1. The van der Waals surface area contributed by atoms with Gasteiger partial charge in [0.2, 0.25) is 0 Å². The number of carbonyl (C=O) groups is 1. The van der Waals surface area contributed by atoms with Crippen molar-refractivity contribution in [1.82, 2.24) is 5.32 Å². The second kappa shape index (κ2) is 6.28. The van der Waals surface area contributed by atoms with E-state index < -0.39 is 0 Å². The lowest BCUT2D eigenvalue weighted by Gasteiger charge is -2.25. The quantitative estimate of drug-likeness (QED) is 0.590. The number of para-hydroxylation sites is 1. The van der Waals surface area contributed by atoms with Crippen LogP contribution in [0.15, 0.2) is 18.2 Å². The van der Waals surface area contributed by atoms with E-state index in [1.165, 1.54) is 25.0 Å². The van der Waals surface area contributed by atoms with Gasteiger partial charge in [0.05, 0.1) is 5.56 Å². The zero-order chi connectivity index (χ0) is 13.8. The monoisotopic (exact) mass is 327 g/mol. The van der Waals surface area contributed by atoms with Crippen LogP contribution in [0.25, 0.3) is 0 Å². The molecule has 5 heteroatoms. The highest BCUT2D eigenvalue weighted by Crippen LogP contribution is 2.30. The van der Waals surface area contributed by atoms with Gasteiger partial charge in [-0.25, -0.2) is 0 Å². The molecule has 0 bridgehead atoms. The summed E-state index contributed by atoms with van der Waals surface area (Å²) in [5.74, 6) is -0.500. The molecule has 1 amide bonds. The molecule has 4 nitrogen and oxygen atoms in total. The zero-order valence-corrected chi connectivity index (χ0v) is 12.2. The van der Waals surface area contributed by atoms with Gasteiger partial charge in [0.25, 0.3) is 5.91 Å². The first-order valence-corrected chi connectivity index (χ1v) is 7.42. The minimum absolute atomic E-state index is 0.117. The smallest absolute Gasteiger partial charge is 0.255 e. The minimum Gasteiger partial charge on any atom is -0.504 e. The summed E-state index contributed by atoms with van der Waals surface area (Å²) < 4.78 is 0. The molecular weight excluding hydrogens is 310 g/mol. The van der Waals surface area contributed by atoms with Crippen LogP contribution in [0.5, 0.6) is 11.5 Å². The van der Waals surface area contributed by atoms with Crippen LogP contribution in [0, 0.1) is 5.92 Å². The average molecular weight is 328 g/mol. The van der Waals surface area contributed by atoms with E-state index in [9.17, 15) is 15.0 Å². The number of phenols is 2. The van der Waals surface area contributed by atoms with E-state index in [0.717, 1.165) is 12.8 Å². The fraction of sp³-hybridized carbons (Fsp3) is 0.500. The molecule has 1 aromatic rings. The van der Waals surface area contributed by atoms with Gasteiger partial charge in [0.1, 0.15) is 0 Å². The lowest BCUT2D eigenvalue weighted by atomic mass is 9.89. The van der Waals surface area contributed by atoms with Crippen molar-refractivity contribution in [1.29, 1.82) is 0 Å². The van der Waals surface area contributed by atoms with Crippen molar-refractivity contribution in [3.05, 3.63) is 23.8 Å². The normalized spacial score (nSPS) is 23.0. The number of nitrogens with one attached hydrogen (secondary N) is 1. The second-order valence-corrected chi connectivity index (χ2v) is 6.31. The van der Waals surface area contributed by atoms with Gasteiger partial charge in [0, 0.05) is 11.4 Å². The molecule has 2 rings (SSSR count). The van der Waals surface area contributed by atoms with Gasteiger partial charge in [-0.2, -0.15) is 0 Å². The number of rotatable bonds is 3. The van der Waals surface area contributed by atoms with E-state index >= 15 is 0 Å². The number of amides is 1. The standard InChI is InChI=1S/C14H18BrNO3/c15-10-4-1-3-9(7-10)8-16-14(19)11-5-2-6-12(17)13(11)18/h2,5-6,9-10,17-18H,1,3-4,7-8H2,(H,16,19). The van der Waals surface area contributed by atoms with Crippen LogP contribution in [-0.4, -0.2) is 27.5 Å². The molecule has 0 spiro atoms. The van der Waals surface area contributed by atoms with E-state index in [1.54, 1.807) is 6.07 Å². The third kappa shape index (κ3) is 3.62. The third-order valence-electron chi connectivity index (χ3n) is 3.53. The molecule has 0 saturated heterocycles. The molecular formula is C14H18BrNO3. The number of carbonyl (C=O) groups excluding carboxylic acids is 1. The maximum atomic E-state index is 11.9. The Hall–Kier alpha value is -1.23. The number of hydrogen-bond acceptors (Lipinski definition) is 3. The fourth-order valence-corrected chi connectivity index (χ4v) is 3.31. The molecule has 0 aliphatic heterocycles. The molecule has 1 aliphatic rings.